The summed E-state index contributed by atoms with van der Waals surface area (Å²) in [5.41, 5.74) is 4.76. The largest absolute Gasteiger partial charge is 0.342 e. The molecule has 0 fully saturated rings. The highest BCUT2D eigenvalue weighted by Crippen LogP contribution is 2.26. The van der Waals surface area contributed by atoms with Crippen LogP contribution in [0.4, 0.5) is 0 Å². The van der Waals surface area contributed by atoms with E-state index in [9.17, 15) is 4.79 Å². The van der Waals surface area contributed by atoms with Crippen molar-refractivity contribution in [3.05, 3.63) is 109 Å². The third-order valence-corrected chi connectivity index (χ3v) is 7.30. The number of nitrogens with zero attached hydrogens (tertiary/aromatic N) is 3. The number of benzene rings is 3. The second-order valence-electron chi connectivity index (χ2n) is 7.61. The normalized spacial score (nSPS) is 12.5. The molecule has 0 unspecified atom stereocenters. The SMILES string of the molecule is O=c1/c(=C/c2cn(Cc3ccc(Cl)c(Cl)c3)c3ccccc23)sc2nc3ccccc3n12. The Hall–Kier alpha value is -3.12. The quantitative estimate of drug-likeness (QED) is 0.326. The van der Waals surface area contributed by atoms with Crippen molar-refractivity contribution >= 4 is 67.5 Å². The van der Waals surface area contributed by atoms with E-state index in [4.69, 9.17) is 23.2 Å². The molecule has 0 amide bonds. The van der Waals surface area contributed by atoms with Crippen LogP contribution in [-0.4, -0.2) is 14.0 Å². The molecule has 0 saturated carbocycles. The minimum absolute atomic E-state index is 0.0417. The third-order valence-electron chi connectivity index (χ3n) is 5.59. The van der Waals surface area contributed by atoms with Crippen LogP contribution in [0, 0.1) is 0 Å². The zero-order valence-corrected chi connectivity index (χ0v) is 19.0. The van der Waals surface area contributed by atoms with Gasteiger partial charge in [0.1, 0.15) is 0 Å². The highest BCUT2D eigenvalue weighted by atomic mass is 35.5. The number of thiazole rings is 1. The van der Waals surface area contributed by atoms with Gasteiger partial charge in [-0.25, -0.2) is 9.38 Å². The minimum atomic E-state index is -0.0417. The summed E-state index contributed by atoms with van der Waals surface area (Å²) < 4.78 is 4.52. The summed E-state index contributed by atoms with van der Waals surface area (Å²) in [6, 6.07) is 21.6. The molecule has 0 bridgehead atoms. The zero-order chi connectivity index (χ0) is 21.8. The van der Waals surface area contributed by atoms with Gasteiger partial charge in [-0.2, -0.15) is 0 Å². The molecule has 3 aromatic carbocycles. The van der Waals surface area contributed by atoms with Crippen LogP contribution in [-0.2, 0) is 6.54 Å². The molecular weight excluding hydrogens is 461 g/mol. The Morgan fingerprint density at radius 3 is 2.56 bits per heavy atom. The van der Waals surface area contributed by atoms with Crippen molar-refractivity contribution < 1.29 is 0 Å². The van der Waals surface area contributed by atoms with Crippen LogP contribution in [0.25, 0.3) is 33.0 Å². The first-order chi connectivity index (χ1) is 15.6. The standard InChI is InChI=1S/C25H15Cl2N3OS/c26-18-10-9-15(11-19(18)27)13-29-14-16(17-5-1-3-7-21(17)29)12-23-24(31)30-22-8-4-2-6-20(22)28-25(30)32-23/h1-12,14H,13H2/b23-12-. The van der Waals surface area contributed by atoms with E-state index < -0.39 is 0 Å². The van der Waals surface area contributed by atoms with Gasteiger partial charge in [-0.1, -0.05) is 70.9 Å². The van der Waals surface area contributed by atoms with Gasteiger partial charge in [0.15, 0.2) is 4.96 Å². The van der Waals surface area contributed by atoms with E-state index >= 15 is 0 Å². The predicted molar refractivity (Wildman–Crippen MR) is 133 cm³/mol. The first-order valence-electron chi connectivity index (χ1n) is 10.0. The molecule has 0 atom stereocenters. The Bertz CT molecular complexity index is 1760. The van der Waals surface area contributed by atoms with Crippen molar-refractivity contribution in [3.8, 4) is 0 Å². The van der Waals surface area contributed by atoms with Gasteiger partial charge in [0.05, 0.1) is 25.6 Å². The maximum absolute atomic E-state index is 13.2. The molecule has 3 heterocycles. The topological polar surface area (TPSA) is 39.3 Å². The summed E-state index contributed by atoms with van der Waals surface area (Å²) in [4.78, 5) is 18.5. The summed E-state index contributed by atoms with van der Waals surface area (Å²) in [6.45, 7) is 0.647. The van der Waals surface area contributed by atoms with E-state index in [-0.39, 0.29) is 5.56 Å². The number of fused-ring (bicyclic) bond motifs is 4. The summed E-state index contributed by atoms with van der Waals surface area (Å²) in [5, 5.41) is 2.17. The van der Waals surface area contributed by atoms with Gasteiger partial charge in [0.2, 0.25) is 0 Å². The second-order valence-corrected chi connectivity index (χ2v) is 9.44. The molecule has 0 aliphatic rings. The third kappa shape index (κ3) is 3.13. The van der Waals surface area contributed by atoms with Crippen molar-refractivity contribution in [2.45, 2.75) is 6.54 Å². The van der Waals surface area contributed by atoms with Gasteiger partial charge in [-0.05, 0) is 42.0 Å². The van der Waals surface area contributed by atoms with Crippen LogP contribution < -0.4 is 10.1 Å². The predicted octanol–water partition coefficient (Wildman–Crippen LogP) is 5.77. The van der Waals surface area contributed by atoms with Crippen molar-refractivity contribution in [2.24, 2.45) is 0 Å². The van der Waals surface area contributed by atoms with Gasteiger partial charge in [0.25, 0.3) is 5.56 Å². The van der Waals surface area contributed by atoms with Crippen LogP contribution in [0.3, 0.4) is 0 Å². The molecular formula is C25H15Cl2N3OS. The number of hydrogen-bond donors (Lipinski definition) is 0. The summed E-state index contributed by atoms with van der Waals surface area (Å²) in [5.74, 6) is 0. The summed E-state index contributed by atoms with van der Waals surface area (Å²) in [7, 11) is 0. The second kappa shape index (κ2) is 7.48. The van der Waals surface area contributed by atoms with Gasteiger partial charge >= 0.3 is 0 Å². The number of imidazole rings is 1. The summed E-state index contributed by atoms with van der Waals surface area (Å²) in [6.07, 6.45) is 4.04. The van der Waals surface area contributed by atoms with Crippen molar-refractivity contribution in [2.75, 3.05) is 0 Å². The molecule has 7 heteroatoms. The van der Waals surface area contributed by atoms with E-state index in [2.05, 4.69) is 27.9 Å². The van der Waals surface area contributed by atoms with E-state index in [1.54, 1.807) is 4.40 Å². The number of rotatable bonds is 3. The van der Waals surface area contributed by atoms with E-state index in [1.165, 1.54) is 11.3 Å². The molecule has 0 aliphatic carbocycles. The Morgan fingerprint density at radius 1 is 0.938 bits per heavy atom. The van der Waals surface area contributed by atoms with Gasteiger partial charge in [-0.15, -0.1) is 0 Å². The smallest absolute Gasteiger partial charge is 0.274 e. The van der Waals surface area contributed by atoms with Crippen LogP contribution in [0.5, 0.6) is 0 Å². The molecule has 156 valence electrons. The highest BCUT2D eigenvalue weighted by Gasteiger charge is 2.12. The zero-order valence-electron chi connectivity index (χ0n) is 16.6. The fraction of sp³-hybridized carbons (Fsp3) is 0.0400. The fourth-order valence-electron chi connectivity index (χ4n) is 4.11. The van der Waals surface area contributed by atoms with Crippen molar-refractivity contribution in [1.29, 1.82) is 0 Å². The molecule has 6 rings (SSSR count). The first kappa shape index (κ1) is 19.6. The minimum Gasteiger partial charge on any atom is -0.342 e. The number of aromatic nitrogens is 3. The van der Waals surface area contributed by atoms with Crippen molar-refractivity contribution in [3.63, 3.8) is 0 Å². The summed E-state index contributed by atoms with van der Waals surface area (Å²) >= 11 is 13.7. The molecule has 3 aromatic heterocycles. The molecule has 0 aliphatic heterocycles. The fourth-order valence-corrected chi connectivity index (χ4v) is 5.41. The molecule has 0 N–H and O–H groups in total. The molecule has 0 radical (unpaired) electrons. The average Bonchev–Trinajstić information content (AvgIpc) is 3.43. The van der Waals surface area contributed by atoms with Gasteiger partial charge in [0, 0.05) is 29.2 Å². The first-order valence-corrected chi connectivity index (χ1v) is 11.6. The van der Waals surface area contributed by atoms with Crippen LogP contribution in [0.2, 0.25) is 10.0 Å². The monoisotopic (exact) mass is 475 g/mol. The van der Waals surface area contributed by atoms with E-state index in [0.29, 0.717) is 26.1 Å². The lowest BCUT2D eigenvalue weighted by Crippen LogP contribution is -2.22. The molecule has 6 aromatic rings. The molecule has 0 saturated heterocycles. The van der Waals surface area contributed by atoms with Crippen LogP contribution >= 0.6 is 34.5 Å². The Labute approximate surface area is 196 Å². The lowest BCUT2D eigenvalue weighted by Gasteiger charge is -2.06. The molecule has 4 nitrogen and oxygen atoms in total. The van der Waals surface area contributed by atoms with E-state index in [0.717, 1.165) is 33.1 Å². The van der Waals surface area contributed by atoms with E-state index in [1.807, 2.05) is 60.7 Å². The van der Waals surface area contributed by atoms with Crippen LogP contribution in [0.15, 0.2) is 77.7 Å². The van der Waals surface area contributed by atoms with Crippen LogP contribution in [0.1, 0.15) is 11.1 Å². The highest BCUT2D eigenvalue weighted by molar-refractivity contribution is 7.15. The maximum atomic E-state index is 13.2. The lowest BCUT2D eigenvalue weighted by atomic mass is 10.2. The van der Waals surface area contributed by atoms with Gasteiger partial charge < -0.3 is 4.57 Å². The average molecular weight is 476 g/mol. The number of para-hydroxylation sites is 3. The van der Waals surface area contributed by atoms with Crippen molar-refractivity contribution in [1.82, 2.24) is 14.0 Å². The Kier molecular flexibility index (Phi) is 4.57. The Morgan fingerprint density at radius 2 is 1.72 bits per heavy atom. The molecule has 0 spiro atoms. The Balaban J connectivity index is 1.51. The van der Waals surface area contributed by atoms with Gasteiger partial charge in [-0.3, -0.25) is 4.79 Å². The number of hydrogen-bond acceptors (Lipinski definition) is 3. The lowest BCUT2D eigenvalue weighted by molar-refractivity contribution is 0.836. The maximum Gasteiger partial charge on any atom is 0.274 e. The number of halogens is 2. The molecule has 32 heavy (non-hydrogen) atoms.